The number of carbonyl (C=O) groups is 2. The van der Waals surface area contributed by atoms with Crippen molar-refractivity contribution < 1.29 is 18.7 Å². The van der Waals surface area contributed by atoms with Gasteiger partial charge < -0.3 is 19.0 Å². The third-order valence-electron chi connectivity index (χ3n) is 6.15. The second-order valence-corrected chi connectivity index (χ2v) is 8.66. The van der Waals surface area contributed by atoms with Gasteiger partial charge in [-0.1, -0.05) is 48.5 Å². The summed E-state index contributed by atoms with van der Waals surface area (Å²) in [6.45, 7) is 1.75. The molecule has 3 aromatic carbocycles. The molecule has 176 valence electrons. The summed E-state index contributed by atoms with van der Waals surface area (Å²) < 4.78 is 12.2. The normalized spacial score (nSPS) is 14.8. The van der Waals surface area contributed by atoms with E-state index in [4.69, 9.17) is 9.15 Å². The number of ether oxygens (including phenoxy) is 1. The minimum Gasteiger partial charge on any atom is -0.476 e. The van der Waals surface area contributed by atoms with Gasteiger partial charge in [-0.3, -0.25) is 14.4 Å². The SMILES string of the molecule is Cc1c(-c2ccccc2)oc2c(C(=O)N3C[C@@H](C(=O)N(C)C)Oc4ccccc43)cccc2c1=O. The molecule has 0 radical (unpaired) electrons. The summed E-state index contributed by atoms with van der Waals surface area (Å²) >= 11 is 0. The Morgan fingerprint density at radius 2 is 1.66 bits per heavy atom. The number of hydrogen-bond donors (Lipinski definition) is 0. The smallest absolute Gasteiger partial charge is 0.265 e. The van der Waals surface area contributed by atoms with Gasteiger partial charge in [0.2, 0.25) is 0 Å². The van der Waals surface area contributed by atoms with Crippen molar-refractivity contribution in [3.05, 3.63) is 94.1 Å². The van der Waals surface area contributed by atoms with Gasteiger partial charge in [0.15, 0.2) is 17.1 Å². The van der Waals surface area contributed by atoms with Crippen LogP contribution in [0.2, 0.25) is 0 Å². The van der Waals surface area contributed by atoms with E-state index in [0.717, 1.165) is 5.56 Å². The van der Waals surface area contributed by atoms with Crippen LogP contribution in [-0.2, 0) is 4.79 Å². The highest BCUT2D eigenvalue weighted by Crippen LogP contribution is 2.36. The molecule has 0 aliphatic carbocycles. The Kier molecular flexibility index (Phi) is 5.61. The predicted molar refractivity (Wildman–Crippen MR) is 134 cm³/mol. The van der Waals surface area contributed by atoms with E-state index in [9.17, 15) is 14.4 Å². The average molecular weight is 469 g/mol. The first kappa shape index (κ1) is 22.4. The fraction of sp³-hybridized carbons (Fsp3) is 0.179. The van der Waals surface area contributed by atoms with Crippen molar-refractivity contribution in [2.24, 2.45) is 0 Å². The van der Waals surface area contributed by atoms with Gasteiger partial charge in [-0.2, -0.15) is 0 Å². The summed E-state index contributed by atoms with van der Waals surface area (Å²) in [7, 11) is 3.29. The number of anilines is 1. The summed E-state index contributed by atoms with van der Waals surface area (Å²) in [6, 6.07) is 21.4. The van der Waals surface area contributed by atoms with Gasteiger partial charge in [-0.15, -0.1) is 0 Å². The fourth-order valence-corrected chi connectivity index (χ4v) is 4.33. The number of carbonyl (C=O) groups excluding carboxylic acids is 2. The first-order valence-electron chi connectivity index (χ1n) is 11.3. The molecule has 4 aromatic rings. The molecule has 0 fully saturated rings. The van der Waals surface area contributed by atoms with E-state index in [1.807, 2.05) is 30.3 Å². The summed E-state index contributed by atoms with van der Waals surface area (Å²) in [4.78, 5) is 42.8. The third-order valence-corrected chi connectivity index (χ3v) is 6.15. The molecule has 0 spiro atoms. The molecule has 0 N–H and O–H groups in total. The standard InChI is InChI=1S/C28H24N2O5/c1-17-24(31)19-12-9-13-20(26(19)35-25(17)18-10-5-4-6-11-18)27(32)30-16-23(28(33)29(2)3)34-22-15-8-7-14-21(22)30/h4-15,23H,16H2,1-3H3/t23-/m0/s1. The van der Waals surface area contributed by atoms with Crippen LogP contribution in [0.25, 0.3) is 22.3 Å². The number of likely N-dealkylation sites (N-methyl/N-ethyl adjacent to an activating group) is 1. The minimum absolute atomic E-state index is 0.0326. The Morgan fingerprint density at radius 3 is 2.40 bits per heavy atom. The average Bonchev–Trinajstić information content (AvgIpc) is 2.89. The van der Waals surface area contributed by atoms with Gasteiger partial charge in [0.25, 0.3) is 11.8 Å². The molecular formula is C28H24N2O5. The van der Waals surface area contributed by atoms with Crippen LogP contribution < -0.4 is 15.1 Å². The number of para-hydroxylation sites is 3. The van der Waals surface area contributed by atoms with Crippen LogP contribution in [0, 0.1) is 6.92 Å². The van der Waals surface area contributed by atoms with Gasteiger partial charge in [-0.05, 0) is 31.2 Å². The van der Waals surface area contributed by atoms with Crippen LogP contribution >= 0.6 is 0 Å². The number of hydrogen-bond acceptors (Lipinski definition) is 5. The largest absolute Gasteiger partial charge is 0.476 e. The molecule has 1 aromatic heterocycles. The van der Waals surface area contributed by atoms with Crippen molar-refractivity contribution in [3.8, 4) is 17.1 Å². The first-order valence-corrected chi connectivity index (χ1v) is 11.3. The van der Waals surface area contributed by atoms with E-state index < -0.39 is 6.10 Å². The molecule has 5 rings (SSSR count). The lowest BCUT2D eigenvalue weighted by atomic mass is 10.0. The summed E-state index contributed by atoms with van der Waals surface area (Å²) in [5.41, 5.74) is 2.04. The number of amides is 2. The van der Waals surface area contributed by atoms with Crippen molar-refractivity contribution in [2.75, 3.05) is 25.5 Å². The van der Waals surface area contributed by atoms with Crippen LogP contribution in [0.4, 0.5) is 5.69 Å². The van der Waals surface area contributed by atoms with E-state index in [1.165, 1.54) is 9.80 Å². The van der Waals surface area contributed by atoms with E-state index in [1.54, 1.807) is 63.5 Å². The highest BCUT2D eigenvalue weighted by molar-refractivity contribution is 6.14. The lowest BCUT2D eigenvalue weighted by molar-refractivity contribution is -0.135. The molecule has 1 atom stereocenters. The molecule has 2 amide bonds. The van der Waals surface area contributed by atoms with E-state index in [0.29, 0.717) is 28.1 Å². The fourth-order valence-electron chi connectivity index (χ4n) is 4.33. The maximum absolute atomic E-state index is 13.9. The lowest BCUT2D eigenvalue weighted by Crippen LogP contribution is -2.50. The van der Waals surface area contributed by atoms with Crippen LogP contribution in [-0.4, -0.2) is 43.5 Å². The Labute approximate surface area is 202 Å². The predicted octanol–water partition coefficient (Wildman–Crippen LogP) is 4.26. The molecule has 2 heterocycles. The Bertz CT molecular complexity index is 1510. The monoisotopic (exact) mass is 468 g/mol. The number of nitrogens with zero attached hydrogens (tertiary/aromatic N) is 2. The lowest BCUT2D eigenvalue weighted by Gasteiger charge is -2.35. The molecule has 7 nitrogen and oxygen atoms in total. The zero-order valence-corrected chi connectivity index (χ0v) is 19.6. The third kappa shape index (κ3) is 3.85. The second-order valence-electron chi connectivity index (χ2n) is 8.66. The second kappa shape index (κ2) is 8.76. The van der Waals surface area contributed by atoms with Gasteiger partial charge >= 0.3 is 0 Å². The molecule has 7 heteroatoms. The van der Waals surface area contributed by atoms with Crippen molar-refractivity contribution >= 4 is 28.5 Å². The Morgan fingerprint density at radius 1 is 0.943 bits per heavy atom. The van der Waals surface area contributed by atoms with Crippen molar-refractivity contribution in [1.82, 2.24) is 4.90 Å². The molecule has 1 aliphatic heterocycles. The number of fused-ring (bicyclic) bond motifs is 2. The van der Waals surface area contributed by atoms with Crippen molar-refractivity contribution in [2.45, 2.75) is 13.0 Å². The van der Waals surface area contributed by atoms with Gasteiger partial charge in [0.1, 0.15) is 11.5 Å². The van der Waals surface area contributed by atoms with E-state index >= 15 is 0 Å². The van der Waals surface area contributed by atoms with E-state index in [-0.39, 0.29) is 34.9 Å². The van der Waals surface area contributed by atoms with Crippen molar-refractivity contribution in [3.63, 3.8) is 0 Å². The van der Waals surface area contributed by atoms with Crippen molar-refractivity contribution in [1.29, 1.82) is 0 Å². The maximum atomic E-state index is 13.9. The van der Waals surface area contributed by atoms with Gasteiger partial charge in [-0.25, -0.2) is 0 Å². The molecule has 35 heavy (non-hydrogen) atoms. The zero-order valence-electron chi connectivity index (χ0n) is 19.6. The number of rotatable bonds is 3. The van der Waals surface area contributed by atoms with Crippen LogP contribution in [0.3, 0.4) is 0 Å². The summed E-state index contributed by atoms with van der Waals surface area (Å²) in [5, 5.41) is 0.329. The topological polar surface area (TPSA) is 80.1 Å². The molecular weight excluding hydrogens is 444 g/mol. The van der Waals surface area contributed by atoms with Gasteiger partial charge in [0.05, 0.1) is 23.2 Å². The molecule has 0 saturated heterocycles. The maximum Gasteiger partial charge on any atom is 0.265 e. The minimum atomic E-state index is -0.854. The Hall–Kier alpha value is -4.39. The van der Waals surface area contributed by atoms with Crippen LogP contribution in [0.5, 0.6) is 5.75 Å². The summed E-state index contributed by atoms with van der Waals surface area (Å²) in [5.74, 6) is 0.235. The highest BCUT2D eigenvalue weighted by atomic mass is 16.5. The molecule has 0 bridgehead atoms. The van der Waals surface area contributed by atoms with E-state index in [2.05, 4.69) is 0 Å². The quantitative estimate of drug-likeness (QED) is 0.449. The van der Waals surface area contributed by atoms with Gasteiger partial charge in [0, 0.05) is 25.2 Å². The first-order chi connectivity index (χ1) is 16.9. The zero-order chi connectivity index (χ0) is 24.7. The molecule has 0 unspecified atom stereocenters. The molecule has 1 aliphatic rings. The molecule has 0 saturated carbocycles. The van der Waals surface area contributed by atoms with Crippen LogP contribution in [0.15, 0.2) is 82.0 Å². The highest BCUT2D eigenvalue weighted by Gasteiger charge is 2.35. The Balaban J connectivity index is 1.66. The summed E-state index contributed by atoms with van der Waals surface area (Å²) in [6.07, 6.45) is -0.854. The van der Waals surface area contributed by atoms with Crippen LogP contribution in [0.1, 0.15) is 15.9 Å². The number of benzene rings is 3.